The number of carboxylic acid groups (broad SMARTS) is 1. The second-order valence-corrected chi connectivity index (χ2v) is 5.12. The molecule has 0 bridgehead atoms. The van der Waals surface area contributed by atoms with Gasteiger partial charge in [-0.2, -0.15) is 5.26 Å². The van der Waals surface area contributed by atoms with E-state index < -0.39 is 5.97 Å². The van der Waals surface area contributed by atoms with Gasteiger partial charge in [-0.25, -0.2) is 0 Å². The number of aliphatic carboxylic acids is 1. The van der Waals surface area contributed by atoms with E-state index in [1.54, 1.807) is 30.3 Å². The molecular formula is C16H16N2O3. The van der Waals surface area contributed by atoms with Crippen LogP contribution in [0, 0.1) is 17.2 Å². The van der Waals surface area contributed by atoms with Gasteiger partial charge in [-0.15, -0.1) is 0 Å². The van der Waals surface area contributed by atoms with Crippen molar-refractivity contribution in [3.05, 3.63) is 41.5 Å². The number of nitriles is 1. The lowest BCUT2D eigenvalue weighted by molar-refractivity contribution is -0.142. The molecular weight excluding hydrogens is 268 g/mol. The van der Waals surface area contributed by atoms with Gasteiger partial charge in [0.2, 0.25) is 5.91 Å². The molecule has 1 fully saturated rings. The number of carboxylic acids is 1. The van der Waals surface area contributed by atoms with Crippen LogP contribution in [0.25, 0.3) is 6.08 Å². The second kappa shape index (κ2) is 6.71. The number of hydrogen-bond donors (Lipinski definition) is 1. The average Bonchev–Trinajstić information content (AvgIpc) is 3.28. The molecule has 1 aliphatic rings. The summed E-state index contributed by atoms with van der Waals surface area (Å²) < 4.78 is 0. The van der Waals surface area contributed by atoms with Gasteiger partial charge in [0.25, 0.3) is 0 Å². The topological polar surface area (TPSA) is 81.4 Å². The molecule has 0 aliphatic heterocycles. The smallest absolute Gasteiger partial charge is 0.323 e. The van der Waals surface area contributed by atoms with Gasteiger partial charge in [0.05, 0.1) is 11.6 Å². The van der Waals surface area contributed by atoms with Crippen LogP contribution in [0.2, 0.25) is 0 Å². The van der Waals surface area contributed by atoms with Gasteiger partial charge in [0, 0.05) is 12.6 Å². The molecule has 0 unspecified atom stereocenters. The summed E-state index contributed by atoms with van der Waals surface area (Å²) in [6.45, 7) is 0.232. The maximum absolute atomic E-state index is 12.1. The van der Waals surface area contributed by atoms with Crippen molar-refractivity contribution in [3.8, 4) is 6.07 Å². The van der Waals surface area contributed by atoms with Gasteiger partial charge in [0.1, 0.15) is 6.54 Å². The van der Waals surface area contributed by atoms with Gasteiger partial charge < -0.3 is 10.0 Å². The zero-order valence-electron chi connectivity index (χ0n) is 11.5. The molecule has 1 aliphatic carbocycles. The van der Waals surface area contributed by atoms with Crippen LogP contribution < -0.4 is 0 Å². The minimum Gasteiger partial charge on any atom is -0.480 e. The highest BCUT2D eigenvalue weighted by molar-refractivity contribution is 5.93. The van der Waals surface area contributed by atoms with E-state index in [-0.39, 0.29) is 12.5 Å². The summed E-state index contributed by atoms with van der Waals surface area (Å²) in [4.78, 5) is 24.2. The monoisotopic (exact) mass is 284 g/mol. The van der Waals surface area contributed by atoms with Gasteiger partial charge in [-0.3, -0.25) is 9.59 Å². The first kappa shape index (κ1) is 14.8. The van der Waals surface area contributed by atoms with Gasteiger partial charge >= 0.3 is 5.97 Å². The van der Waals surface area contributed by atoms with E-state index in [1.165, 1.54) is 11.0 Å². The third kappa shape index (κ3) is 4.77. The lowest BCUT2D eigenvalue weighted by Crippen LogP contribution is -2.36. The van der Waals surface area contributed by atoms with Gasteiger partial charge in [0.15, 0.2) is 0 Å². The maximum Gasteiger partial charge on any atom is 0.323 e. The fourth-order valence-corrected chi connectivity index (χ4v) is 1.95. The van der Waals surface area contributed by atoms with Crippen molar-refractivity contribution >= 4 is 18.0 Å². The Hall–Kier alpha value is -2.61. The van der Waals surface area contributed by atoms with Crippen LogP contribution in [0.4, 0.5) is 0 Å². The second-order valence-electron chi connectivity index (χ2n) is 5.12. The summed E-state index contributed by atoms with van der Waals surface area (Å²) >= 11 is 0. The fraction of sp³-hybridized carbons (Fsp3) is 0.312. The molecule has 1 amide bonds. The Morgan fingerprint density at radius 3 is 2.52 bits per heavy atom. The molecule has 108 valence electrons. The molecule has 0 saturated heterocycles. The van der Waals surface area contributed by atoms with Gasteiger partial charge in [-0.05, 0) is 42.5 Å². The Kier molecular flexibility index (Phi) is 4.72. The van der Waals surface area contributed by atoms with Crippen molar-refractivity contribution in [1.29, 1.82) is 5.26 Å². The Balaban J connectivity index is 2.00. The Morgan fingerprint density at radius 2 is 2.00 bits per heavy atom. The average molecular weight is 284 g/mol. The van der Waals surface area contributed by atoms with E-state index in [9.17, 15) is 9.59 Å². The first-order chi connectivity index (χ1) is 10.1. The van der Waals surface area contributed by atoms with Gasteiger partial charge in [-0.1, -0.05) is 12.1 Å². The first-order valence-electron chi connectivity index (χ1n) is 6.77. The van der Waals surface area contributed by atoms with Crippen LogP contribution in [-0.4, -0.2) is 35.0 Å². The highest BCUT2D eigenvalue weighted by Crippen LogP contribution is 2.29. The SMILES string of the molecule is N#Cc1ccc(/C=C/C(=O)N(CC(=O)O)CC2CC2)cc1. The van der Waals surface area contributed by atoms with Crippen molar-refractivity contribution in [1.82, 2.24) is 4.90 Å². The molecule has 21 heavy (non-hydrogen) atoms. The standard InChI is InChI=1S/C16H16N2O3/c17-9-13-3-1-12(2-4-13)7-8-15(19)18(11-16(20)21)10-14-5-6-14/h1-4,7-8,14H,5-6,10-11H2,(H,20,21)/b8-7+. The Labute approximate surface area is 123 Å². The fourth-order valence-electron chi connectivity index (χ4n) is 1.95. The number of amides is 1. The van der Waals surface area contributed by atoms with Crippen LogP contribution in [0.5, 0.6) is 0 Å². The molecule has 0 radical (unpaired) electrons. The minimum absolute atomic E-state index is 0.271. The highest BCUT2D eigenvalue weighted by atomic mass is 16.4. The van der Waals surface area contributed by atoms with Crippen molar-refractivity contribution in [3.63, 3.8) is 0 Å². The molecule has 2 rings (SSSR count). The van der Waals surface area contributed by atoms with E-state index in [0.717, 1.165) is 18.4 Å². The van der Waals surface area contributed by atoms with Crippen LogP contribution >= 0.6 is 0 Å². The largest absolute Gasteiger partial charge is 0.480 e. The highest BCUT2D eigenvalue weighted by Gasteiger charge is 2.26. The number of nitrogens with zero attached hydrogens (tertiary/aromatic N) is 2. The number of benzene rings is 1. The summed E-state index contributed by atoms with van der Waals surface area (Å²) in [5.74, 6) is -0.860. The third-order valence-corrected chi connectivity index (χ3v) is 3.27. The predicted molar refractivity (Wildman–Crippen MR) is 77.1 cm³/mol. The number of rotatable bonds is 6. The third-order valence-electron chi connectivity index (χ3n) is 3.27. The van der Waals surface area contributed by atoms with Crippen LogP contribution in [0.1, 0.15) is 24.0 Å². The summed E-state index contributed by atoms with van der Waals surface area (Å²) in [6.07, 6.45) is 5.13. The molecule has 0 aromatic heterocycles. The molecule has 0 heterocycles. The minimum atomic E-state index is -1.00. The Morgan fingerprint density at radius 1 is 1.33 bits per heavy atom. The first-order valence-corrected chi connectivity index (χ1v) is 6.77. The quantitative estimate of drug-likeness (QED) is 0.809. The van der Waals surface area contributed by atoms with Crippen LogP contribution in [0.15, 0.2) is 30.3 Å². The number of carbonyl (C=O) groups is 2. The molecule has 5 nitrogen and oxygen atoms in total. The summed E-state index contributed by atoms with van der Waals surface area (Å²) in [6, 6.07) is 8.84. The van der Waals surface area contributed by atoms with Crippen molar-refractivity contribution in [2.75, 3.05) is 13.1 Å². The number of carbonyl (C=O) groups excluding carboxylic acids is 1. The van der Waals surface area contributed by atoms with Crippen molar-refractivity contribution < 1.29 is 14.7 Å². The molecule has 1 saturated carbocycles. The maximum atomic E-state index is 12.1. The van der Waals surface area contributed by atoms with Crippen LogP contribution in [0.3, 0.4) is 0 Å². The Bertz CT molecular complexity index is 595. The lowest BCUT2D eigenvalue weighted by Gasteiger charge is -2.18. The summed E-state index contributed by atoms with van der Waals surface area (Å²) in [7, 11) is 0. The molecule has 5 heteroatoms. The van der Waals surface area contributed by atoms with E-state index in [1.807, 2.05) is 6.07 Å². The normalized spacial score (nSPS) is 13.9. The zero-order chi connectivity index (χ0) is 15.2. The molecule has 1 aromatic carbocycles. The summed E-state index contributed by atoms with van der Waals surface area (Å²) in [5.41, 5.74) is 1.35. The molecule has 0 spiro atoms. The lowest BCUT2D eigenvalue weighted by atomic mass is 10.1. The van der Waals surface area contributed by atoms with Crippen molar-refractivity contribution in [2.45, 2.75) is 12.8 Å². The molecule has 1 aromatic rings. The predicted octanol–water partition coefficient (Wildman–Crippen LogP) is 1.89. The van der Waals surface area contributed by atoms with E-state index >= 15 is 0 Å². The van der Waals surface area contributed by atoms with Crippen molar-refractivity contribution in [2.24, 2.45) is 5.92 Å². The van der Waals surface area contributed by atoms with E-state index in [0.29, 0.717) is 18.0 Å². The van der Waals surface area contributed by atoms with Crippen LogP contribution in [-0.2, 0) is 9.59 Å². The van der Waals surface area contributed by atoms with E-state index in [2.05, 4.69) is 0 Å². The summed E-state index contributed by atoms with van der Waals surface area (Å²) in [5, 5.41) is 17.6. The molecule has 0 atom stereocenters. The number of hydrogen-bond acceptors (Lipinski definition) is 3. The van der Waals surface area contributed by atoms with E-state index in [4.69, 9.17) is 10.4 Å². The zero-order valence-corrected chi connectivity index (χ0v) is 11.5. The molecule has 1 N–H and O–H groups in total.